The molecule has 3 N–H and O–H groups in total. The van der Waals surface area contributed by atoms with Gasteiger partial charge in [-0.2, -0.15) is 5.10 Å². The molecule has 0 unspecified atom stereocenters. The Kier molecular flexibility index (Phi) is 5.90. The van der Waals surface area contributed by atoms with Crippen LogP contribution in [0.15, 0.2) is 55.0 Å². The first kappa shape index (κ1) is 21.8. The first-order valence-electron chi connectivity index (χ1n) is 10.2. The Balaban J connectivity index is 1.60. The van der Waals surface area contributed by atoms with Gasteiger partial charge in [-0.05, 0) is 35.9 Å². The van der Waals surface area contributed by atoms with E-state index in [0.717, 1.165) is 22.5 Å². The van der Waals surface area contributed by atoms with Crippen LogP contribution in [0.5, 0.6) is 0 Å². The van der Waals surface area contributed by atoms with E-state index in [0.29, 0.717) is 16.8 Å². The number of pyridine rings is 2. The summed E-state index contributed by atoms with van der Waals surface area (Å²) in [7, 11) is 7.13. The van der Waals surface area contributed by atoms with E-state index in [-0.39, 0.29) is 17.6 Å². The highest BCUT2D eigenvalue weighted by Crippen LogP contribution is 2.27. The molecule has 10 nitrogen and oxygen atoms in total. The van der Waals surface area contributed by atoms with Crippen LogP contribution in [0.25, 0.3) is 22.0 Å². The Morgan fingerprint density at radius 1 is 0.879 bits per heavy atom. The van der Waals surface area contributed by atoms with Crippen molar-refractivity contribution >= 4 is 40.0 Å². The topological polar surface area (TPSA) is 119 Å². The Morgan fingerprint density at radius 3 is 2.39 bits per heavy atom. The molecular formula is C23H24N8O2. The zero-order valence-electron chi connectivity index (χ0n) is 18.7. The molecule has 3 heterocycles. The molecule has 0 bridgehead atoms. The number of H-pyrrole nitrogens is 1. The molecule has 0 saturated carbocycles. The van der Waals surface area contributed by atoms with E-state index < -0.39 is 0 Å². The number of hydrogen-bond acceptors (Lipinski definition) is 6. The van der Waals surface area contributed by atoms with Crippen molar-refractivity contribution in [2.24, 2.45) is 0 Å². The van der Waals surface area contributed by atoms with Gasteiger partial charge in [-0.25, -0.2) is 9.78 Å². The monoisotopic (exact) mass is 444 g/mol. The van der Waals surface area contributed by atoms with Gasteiger partial charge in [-0.1, -0.05) is 6.07 Å². The van der Waals surface area contributed by atoms with Crippen molar-refractivity contribution in [3.8, 4) is 11.1 Å². The van der Waals surface area contributed by atoms with Crippen molar-refractivity contribution in [1.29, 1.82) is 0 Å². The number of carbonyl (C=O) groups is 2. The number of aromatic amines is 1. The fraction of sp³-hybridized carbons (Fsp3) is 0.174. The lowest BCUT2D eigenvalue weighted by Gasteiger charge is -2.12. The molecule has 0 aliphatic rings. The zero-order valence-corrected chi connectivity index (χ0v) is 18.7. The number of urea groups is 1. The van der Waals surface area contributed by atoms with Crippen molar-refractivity contribution in [2.45, 2.75) is 0 Å². The number of hydrogen-bond donors (Lipinski definition) is 3. The van der Waals surface area contributed by atoms with E-state index in [1.165, 1.54) is 4.90 Å². The second-order valence-electron chi connectivity index (χ2n) is 7.87. The molecule has 0 aliphatic heterocycles. The van der Waals surface area contributed by atoms with Gasteiger partial charge in [0.1, 0.15) is 5.82 Å². The number of fused-ring (bicyclic) bond motifs is 1. The summed E-state index contributed by atoms with van der Waals surface area (Å²) in [6.07, 6.45) is 4.88. The standard InChI is InChI=1S/C23H24N8O2/c1-30(2)20-8-6-16(13-25-20)26-22(32)21-18-10-14(5-7-19(18)28-29-21)15-9-17(12-24-11-15)27-23(33)31(3)4/h5-13H,1-4H3,(H,26,32)(H,27,33)(H,28,29). The van der Waals surface area contributed by atoms with Gasteiger partial charge in [0.05, 0.1) is 29.3 Å². The third-order valence-electron chi connectivity index (χ3n) is 4.97. The average Bonchev–Trinajstić information content (AvgIpc) is 3.23. The third kappa shape index (κ3) is 4.74. The molecule has 4 rings (SSSR count). The lowest BCUT2D eigenvalue weighted by Crippen LogP contribution is -2.27. The van der Waals surface area contributed by atoms with Gasteiger partial charge in [0, 0.05) is 45.3 Å². The molecule has 0 atom stereocenters. The number of nitrogens with zero attached hydrogens (tertiary/aromatic N) is 5. The molecule has 0 radical (unpaired) electrons. The lowest BCUT2D eigenvalue weighted by molar-refractivity contribution is 0.102. The number of nitrogens with one attached hydrogen (secondary N) is 3. The highest BCUT2D eigenvalue weighted by Gasteiger charge is 2.16. The minimum Gasteiger partial charge on any atom is -0.363 e. The lowest BCUT2D eigenvalue weighted by atomic mass is 10.0. The first-order valence-corrected chi connectivity index (χ1v) is 10.2. The van der Waals surface area contributed by atoms with Gasteiger partial charge in [0.15, 0.2) is 5.69 Å². The number of anilines is 3. The predicted molar refractivity (Wildman–Crippen MR) is 129 cm³/mol. The molecule has 10 heteroatoms. The van der Waals surface area contributed by atoms with Gasteiger partial charge in [-0.3, -0.25) is 14.9 Å². The van der Waals surface area contributed by atoms with Gasteiger partial charge < -0.3 is 20.4 Å². The van der Waals surface area contributed by atoms with E-state index in [1.54, 1.807) is 38.8 Å². The summed E-state index contributed by atoms with van der Waals surface area (Å²) in [5.74, 6) is 0.448. The zero-order chi connectivity index (χ0) is 23.5. The highest BCUT2D eigenvalue weighted by molar-refractivity contribution is 6.11. The fourth-order valence-electron chi connectivity index (χ4n) is 3.18. The quantitative estimate of drug-likeness (QED) is 0.434. The van der Waals surface area contributed by atoms with Crippen molar-refractivity contribution in [1.82, 2.24) is 25.1 Å². The second-order valence-corrected chi connectivity index (χ2v) is 7.87. The number of aromatic nitrogens is 4. The summed E-state index contributed by atoms with van der Waals surface area (Å²) in [6.45, 7) is 0. The Morgan fingerprint density at radius 2 is 1.70 bits per heavy atom. The number of benzene rings is 1. The Labute approximate surface area is 190 Å². The van der Waals surface area contributed by atoms with Crippen molar-refractivity contribution < 1.29 is 9.59 Å². The molecule has 0 spiro atoms. The van der Waals surface area contributed by atoms with Crippen LogP contribution in [-0.4, -0.2) is 65.2 Å². The molecule has 0 aliphatic carbocycles. The maximum absolute atomic E-state index is 12.9. The van der Waals surface area contributed by atoms with Gasteiger partial charge in [-0.15, -0.1) is 0 Å². The normalized spacial score (nSPS) is 10.7. The summed E-state index contributed by atoms with van der Waals surface area (Å²) in [4.78, 5) is 36.7. The molecule has 0 fully saturated rings. The fourth-order valence-corrected chi connectivity index (χ4v) is 3.18. The largest absolute Gasteiger partial charge is 0.363 e. The van der Waals surface area contributed by atoms with Gasteiger partial charge in [0.25, 0.3) is 5.91 Å². The van der Waals surface area contributed by atoms with Gasteiger partial charge in [0.2, 0.25) is 0 Å². The molecule has 33 heavy (non-hydrogen) atoms. The summed E-state index contributed by atoms with van der Waals surface area (Å²) >= 11 is 0. The van der Waals surface area contributed by atoms with E-state index in [4.69, 9.17) is 0 Å². The Hall–Kier alpha value is -4.47. The number of rotatable bonds is 5. The van der Waals surface area contributed by atoms with Crippen LogP contribution < -0.4 is 15.5 Å². The van der Waals surface area contributed by atoms with Crippen LogP contribution in [0.3, 0.4) is 0 Å². The van der Waals surface area contributed by atoms with E-state index in [9.17, 15) is 9.59 Å². The minimum absolute atomic E-state index is 0.244. The predicted octanol–water partition coefficient (Wildman–Crippen LogP) is 3.43. The molecular weight excluding hydrogens is 420 g/mol. The minimum atomic E-state index is -0.345. The van der Waals surface area contributed by atoms with Crippen molar-refractivity contribution in [2.75, 3.05) is 43.7 Å². The molecule has 0 saturated heterocycles. The van der Waals surface area contributed by atoms with Crippen LogP contribution in [0, 0.1) is 0 Å². The number of carbonyl (C=O) groups excluding carboxylic acids is 2. The summed E-state index contributed by atoms with van der Waals surface area (Å²) < 4.78 is 0. The third-order valence-corrected chi connectivity index (χ3v) is 4.97. The summed E-state index contributed by atoms with van der Waals surface area (Å²) in [5.41, 5.74) is 3.79. The van der Waals surface area contributed by atoms with Crippen LogP contribution in [0.4, 0.5) is 22.0 Å². The van der Waals surface area contributed by atoms with Crippen molar-refractivity contribution in [3.05, 3.63) is 60.7 Å². The van der Waals surface area contributed by atoms with Crippen LogP contribution in [0.2, 0.25) is 0 Å². The summed E-state index contributed by atoms with van der Waals surface area (Å²) in [5, 5.41) is 13.4. The van der Waals surface area contributed by atoms with Crippen LogP contribution in [-0.2, 0) is 0 Å². The summed E-state index contributed by atoms with van der Waals surface area (Å²) in [6, 6.07) is 10.8. The van der Waals surface area contributed by atoms with Gasteiger partial charge >= 0.3 is 6.03 Å². The van der Waals surface area contributed by atoms with E-state index in [2.05, 4.69) is 30.8 Å². The van der Waals surface area contributed by atoms with E-state index in [1.807, 2.05) is 49.3 Å². The highest BCUT2D eigenvalue weighted by atomic mass is 16.2. The van der Waals surface area contributed by atoms with Crippen LogP contribution in [0.1, 0.15) is 10.5 Å². The maximum Gasteiger partial charge on any atom is 0.321 e. The second kappa shape index (κ2) is 8.95. The smallest absolute Gasteiger partial charge is 0.321 e. The number of amides is 3. The first-order chi connectivity index (χ1) is 15.8. The molecule has 3 aromatic heterocycles. The molecule has 168 valence electrons. The average molecular weight is 444 g/mol. The Bertz CT molecular complexity index is 1310. The molecule has 1 aromatic carbocycles. The maximum atomic E-state index is 12.9. The molecule has 3 amide bonds. The van der Waals surface area contributed by atoms with E-state index >= 15 is 0 Å². The molecule has 4 aromatic rings. The van der Waals surface area contributed by atoms with Crippen molar-refractivity contribution in [3.63, 3.8) is 0 Å². The SMILES string of the molecule is CN(C)C(=O)Nc1cncc(-c2ccc3[nH]nc(C(=O)Nc4ccc(N(C)C)nc4)c3c2)c1. The van der Waals surface area contributed by atoms with Crippen LogP contribution >= 0.6 is 0 Å².